The summed E-state index contributed by atoms with van der Waals surface area (Å²) in [6.45, 7) is 11.0. The van der Waals surface area contributed by atoms with Gasteiger partial charge in [-0.1, -0.05) is 27.7 Å². The molecular formula is C15H28N2O2S. The number of methoxy groups -OCH3 is 2. The number of ether oxygens (including phenoxy) is 2. The van der Waals surface area contributed by atoms with Crippen LogP contribution in [0.15, 0.2) is 5.38 Å². The van der Waals surface area contributed by atoms with Crippen LogP contribution >= 0.6 is 11.3 Å². The first-order chi connectivity index (χ1) is 9.40. The summed E-state index contributed by atoms with van der Waals surface area (Å²) in [6.07, 6.45) is 0. The molecule has 2 atom stereocenters. The van der Waals surface area contributed by atoms with E-state index in [1.807, 2.05) is 0 Å². The van der Waals surface area contributed by atoms with E-state index in [1.165, 1.54) is 0 Å². The van der Waals surface area contributed by atoms with E-state index in [-0.39, 0.29) is 11.5 Å². The van der Waals surface area contributed by atoms with Crippen LogP contribution in [0, 0.1) is 5.92 Å². The van der Waals surface area contributed by atoms with E-state index in [0.29, 0.717) is 12.5 Å². The van der Waals surface area contributed by atoms with Gasteiger partial charge in [0.2, 0.25) is 0 Å². The second-order valence-electron chi connectivity index (χ2n) is 6.18. The quantitative estimate of drug-likeness (QED) is 0.750. The number of thiazole rings is 1. The van der Waals surface area contributed by atoms with Crippen molar-refractivity contribution in [2.75, 3.05) is 34.0 Å². The van der Waals surface area contributed by atoms with Crippen LogP contribution in [0.4, 0.5) is 0 Å². The summed E-state index contributed by atoms with van der Waals surface area (Å²) in [5, 5.41) is 6.83. The smallest absolute Gasteiger partial charge is 0.110 e. The second kappa shape index (κ2) is 8.08. The SMILES string of the molecule is COCCNC(c1nc(C(C)(C)C)cs1)C(C)COC. The fourth-order valence-electron chi connectivity index (χ4n) is 1.98. The van der Waals surface area contributed by atoms with Crippen molar-refractivity contribution in [1.29, 1.82) is 0 Å². The molecule has 1 N–H and O–H groups in total. The van der Waals surface area contributed by atoms with E-state index in [9.17, 15) is 0 Å². The van der Waals surface area contributed by atoms with Gasteiger partial charge in [0.05, 0.1) is 24.9 Å². The molecule has 0 aliphatic heterocycles. The highest BCUT2D eigenvalue weighted by Crippen LogP contribution is 2.30. The normalized spacial score (nSPS) is 15.3. The lowest BCUT2D eigenvalue weighted by Gasteiger charge is -2.23. The molecule has 2 unspecified atom stereocenters. The maximum atomic E-state index is 5.29. The summed E-state index contributed by atoms with van der Waals surface area (Å²) in [6, 6.07) is 0.214. The zero-order chi connectivity index (χ0) is 15.2. The Morgan fingerprint density at radius 1 is 1.30 bits per heavy atom. The van der Waals surface area contributed by atoms with E-state index < -0.39 is 0 Å². The minimum absolute atomic E-state index is 0.0936. The standard InChI is InChI=1S/C15H28N2O2S/c1-11(9-19-6)13(16-7-8-18-5)14-17-12(10-20-14)15(2,3)4/h10-11,13,16H,7-9H2,1-6H3. The molecule has 0 saturated heterocycles. The van der Waals surface area contributed by atoms with Crippen molar-refractivity contribution < 1.29 is 9.47 Å². The average Bonchev–Trinajstić information content (AvgIpc) is 2.84. The van der Waals surface area contributed by atoms with Crippen molar-refractivity contribution in [1.82, 2.24) is 10.3 Å². The fourth-order valence-corrected chi connectivity index (χ4v) is 3.23. The largest absolute Gasteiger partial charge is 0.384 e. The number of nitrogens with zero attached hydrogens (tertiary/aromatic N) is 1. The third kappa shape index (κ3) is 5.13. The molecule has 1 aromatic heterocycles. The molecule has 0 spiro atoms. The van der Waals surface area contributed by atoms with Gasteiger partial charge in [0.25, 0.3) is 0 Å². The average molecular weight is 300 g/mol. The Labute approximate surface area is 126 Å². The van der Waals surface area contributed by atoms with Crippen molar-refractivity contribution in [3.05, 3.63) is 16.1 Å². The minimum Gasteiger partial charge on any atom is -0.384 e. The van der Waals surface area contributed by atoms with Gasteiger partial charge in [-0.25, -0.2) is 4.98 Å². The lowest BCUT2D eigenvalue weighted by Crippen LogP contribution is -2.31. The molecule has 0 aromatic carbocycles. The van der Waals surface area contributed by atoms with Gasteiger partial charge in [-0.3, -0.25) is 0 Å². The molecular weight excluding hydrogens is 272 g/mol. The van der Waals surface area contributed by atoms with Crippen LogP contribution in [0.1, 0.15) is 44.4 Å². The predicted molar refractivity (Wildman–Crippen MR) is 84.5 cm³/mol. The van der Waals surface area contributed by atoms with Gasteiger partial charge in [-0.2, -0.15) is 0 Å². The molecule has 0 amide bonds. The molecule has 116 valence electrons. The Kier molecular flexibility index (Phi) is 7.09. The van der Waals surface area contributed by atoms with Crippen LogP contribution in [0.3, 0.4) is 0 Å². The molecule has 1 rings (SSSR count). The lowest BCUT2D eigenvalue weighted by molar-refractivity contribution is 0.133. The van der Waals surface area contributed by atoms with E-state index in [1.54, 1.807) is 25.6 Å². The molecule has 1 heterocycles. The summed E-state index contributed by atoms with van der Waals surface area (Å²) >= 11 is 1.73. The molecule has 5 heteroatoms. The van der Waals surface area contributed by atoms with Gasteiger partial charge < -0.3 is 14.8 Å². The monoisotopic (exact) mass is 300 g/mol. The Bertz CT molecular complexity index is 387. The second-order valence-corrected chi connectivity index (χ2v) is 7.07. The molecule has 1 aromatic rings. The van der Waals surface area contributed by atoms with Crippen molar-refractivity contribution in [2.24, 2.45) is 5.92 Å². The lowest BCUT2D eigenvalue weighted by atomic mass is 9.93. The van der Waals surface area contributed by atoms with Gasteiger partial charge in [0, 0.05) is 37.5 Å². The fraction of sp³-hybridized carbons (Fsp3) is 0.800. The summed E-state index contributed by atoms with van der Waals surface area (Å²) in [7, 11) is 3.46. The van der Waals surface area contributed by atoms with Gasteiger partial charge >= 0.3 is 0 Å². The Balaban J connectivity index is 2.83. The zero-order valence-electron chi connectivity index (χ0n) is 13.5. The maximum Gasteiger partial charge on any atom is 0.110 e. The molecule has 0 bridgehead atoms. The molecule has 0 saturated carbocycles. The molecule has 20 heavy (non-hydrogen) atoms. The Hall–Kier alpha value is -0.490. The molecule has 0 aliphatic carbocycles. The minimum atomic E-state index is 0.0936. The predicted octanol–water partition coefficient (Wildman–Crippen LogP) is 3.00. The van der Waals surface area contributed by atoms with Crippen molar-refractivity contribution in [2.45, 2.75) is 39.2 Å². The first-order valence-corrected chi connectivity index (χ1v) is 7.95. The molecule has 0 fully saturated rings. The molecule has 0 radical (unpaired) electrons. The van der Waals surface area contributed by atoms with Crippen molar-refractivity contribution >= 4 is 11.3 Å². The topological polar surface area (TPSA) is 43.4 Å². The first-order valence-electron chi connectivity index (χ1n) is 7.07. The molecule has 0 aliphatic rings. The Morgan fingerprint density at radius 3 is 2.50 bits per heavy atom. The van der Waals surface area contributed by atoms with Crippen molar-refractivity contribution in [3.8, 4) is 0 Å². The van der Waals surface area contributed by atoms with Crippen LogP contribution < -0.4 is 5.32 Å². The van der Waals surface area contributed by atoms with E-state index in [2.05, 4.69) is 38.4 Å². The van der Waals surface area contributed by atoms with E-state index in [4.69, 9.17) is 14.5 Å². The Morgan fingerprint density at radius 2 is 2.00 bits per heavy atom. The van der Waals surface area contributed by atoms with Crippen LogP contribution in [-0.4, -0.2) is 39.0 Å². The third-order valence-corrected chi connectivity index (χ3v) is 4.15. The van der Waals surface area contributed by atoms with Gasteiger partial charge in [0.15, 0.2) is 0 Å². The number of hydrogen-bond donors (Lipinski definition) is 1. The first kappa shape index (κ1) is 17.6. The molecule has 4 nitrogen and oxygen atoms in total. The number of aromatic nitrogens is 1. The maximum absolute atomic E-state index is 5.29. The summed E-state index contributed by atoms with van der Waals surface area (Å²) in [4.78, 5) is 4.82. The highest BCUT2D eigenvalue weighted by atomic mass is 32.1. The summed E-state index contributed by atoms with van der Waals surface area (Å²) in [5.41, 5.74) is 1.25. The van der Waals surface area contributed by atoms with Gasteiger partial charge in [-0.05, 0) is 0 Å². The van der Waals surface area contributed by atoms with E-state index >= 15 is 0 Å². The number of rotatable bonds is 8. The zero-order valence-corrected chi connectivity index (χ0v) is 14.3. The van der Waals surface area contributed by atoms with Gasteiger partial charge in [0.1, 0.15) is 5.01 Å². The summed E-state index contributed by atoms with van der Waals surface area (Å²) in [5.74, 6) is 0.371. The summed E-state index contributed by atoms with van der Waals surface area (Å²) < 4.78 is 10.4. The van der Waals surface area contributed by atoms with Crippen LogP contribution in [0.5, 0.6) is 0 Å². The van der Waals surface area contributed by atoms with Crippen molar-refractivity contribution in [3.63, 3.8) is 0 Å². The number of hydrogen-bond acceptors (Lipinski definition) is 5. The van der Waals surface area contributed by atoms with E-state index in [0.717, 1.165) is 23.9 Å². The highest BCUT2D eigenvalue weighted by molar-refractivity contribution is 7.09. The number of nitrogens with one attached hydrogen (secondary N) is 1. The third-order valence-electron chi connectivity index (χ3n) is 3.23. The van der Waals surface area contributed by atoms with Crippen LogP contribution in [0.2, 0.25) is 0 Å². The van der Waals surface area contributed by atoms with Gasteiger partial charge in [-0.15, -0.1) is 11.3 Å². The van der Waals surface area contributed by atoms with Crippen LogP contribution in [0.25, 0.3) is 0 Å². The highest BCUT2D eigenvalue weighted by Gasteiger charge is 2.24. The van der Waals surface area contributed by atoms with Crippen LogP contribution in [-0.2, 0) is 14.9 Å².